The maximum Gasteiger partial charge on any atom is 0.286 e. The first-order chi connectivity index (χ1) is 14.4. The van der Waals surface area contributed by atoms with Crippen LogP contribution in [-0.4, -0.2) is 52.6 Å². The van der Waals surface area contributed by atoms with E-state index in [-0.39, 0.29) is 11.8 Å². The molecule has 0 saturated carbocycles. The maximum absolute atomic E-state index is 12.4. The van der Waals surface area contributed by atoms with E-state index < -0.39 is 0 Å². The number of nitrogens with one attached hydrogen (secondary N) is 2. The molecule has 7 nitrogen and oxygen atoms in total. The molecule has 1 fully saturated rings. The summed E-state index contributed by atoms with van der Waals surface area (Å²) in [6, 6.07) is 7.50. The third-order valence-corrected chi connectivity index (χ3v) is 6.22. The summed E-state index contributed by atoms with van der Waals surface area (Å²) in [5.41, 5.74) is 1.20. The van der Waals surface area contributed by atoms with Crippen molar-refractivity contribution >= 4 is 28.8 Å². The van der Waals surface area contributed by atoms with Crippen molar-refractivity contribution in [3.63, 3.8) is 0 Å². The van der Waals surface area contributed by atoms with Crippen molar-refractivity contribution in [3.8, 4) is 0 Å². The third-order valence-electron chi connectivity index (χ3n) is 5.27. The molecule has 0 bridgehead atoms. The van der Waals surface area contributed by atoms with E-state index in [0.29, 0.717) is 34.8 Å². The number of hydrogen-bond donors (Lipinski definition) is 2. The average Bonchev–Trinajstić information content (AvgIpc) is 3.18. The van der Waals surface area contributed by atoms with E-state index in [1.165, 1.54) is 30.6 Å². The molecule has 1 aliphatic heterocycles. The van der Waals surface area contributed by atoms with E-state index in [1.807, 2.05) is 0 Å². The first-order valence-corrected chi connectivity index (χ1v) is 11.5. The number of piperidine rings is 1. The molecule has 2 N–H and O–H groups in total. The molecule has 1 unspecified atom stereocenters. The molecule has 30 heavy (non-hydrogen) atoms. The Morgan fingerprint density at radius 2 is 1.93 bits per heavy atom. The summed E-state index contributed by atoms with van der Waals surface area (Å²) in [6.45, 7) is 9.08. The zero-order valence-corrected chi connectivity index (χ0v) is 18.8. The van der Waals surface area contributed by atoms with Crippen LogP contribution < -0.4 is 10.6 Å². The molecular formula is C22H31N5O2S. The molecule has 162 valence electrons. The van der Waals surface area contributed by atoms with Crippen LogP contribution in [0.4, 0.5) is 5.69 Å². The minimum absolute atomic E-state index is 0.0972. The number of anilines is 1. The Balaban J connectivity index is 1.47. The molecule has 1 aromatic heterocycles. The zero-order chi connectivity index (χ0) is 21.5. The standard InChI is InChI=1S/C22H31N5O2S/c1-15(2)14-19-25-26-22(30-19)21(29)24-18-9-7-17(8-10-18)20(28)23-11-13-27-12-5-4-6-16(27)3/h7-10,15-16H,4-6,11-14H2,1-3H3,(H,23,28)(H,24,29). The number of hydrogen-bond acceptors (Lipinski definition) is 6. The van der Waals surface area contributed by atoms with Gasteiger partial charge in [-0.1, -0.05) is 31.6 Å². The molecule has 1 saturated heterocycles. The van der Waals surface area contributed by atoms with E-state index in [1.54, 1.807) is 24.3 Å². The molecule has 0 radical (unpaired) electrons. The first kappa shape index (κ1) is 22.4. The van der Waals surface area contributed by atoms with Gasteiger partial charge >= 0.3 is 0 Å². The fourth-order valence-corrected chi connectivity index (χ4v) is 4.52. The van der Waals surface area contributed by atoms with Gasteiger partial charge < -0.3 is 10.6 Å². The third kappa shape index (κ3) is 6.34. The lowest BCUT2D eigenvalue weighted by atomic mass is 10.0. The topological polar surface area (TPSA) is 87.2 Å². The number of likely N-dealkylation sites (tertiary alicyclic amines) is 1. The van der Waals surface area contributed by atoms with Gasteiger partial charge in [-0.3, -0.25) is 14.5 Å². The Morgan fingerprint density at radius 3 is 2.63 bits per heavy atom. The summed E-state index contributed by atoms with van der Waals surface area (Å²) in [6.07, 6.45) is 4.58. The van der Waals surface area contributed by atoms with Crippen molar-refractivity contribution in [2.45, 2.75) is 52.5 Å². The maximum atomic E-state index is 12.4. The van der Waals surface area contributed by atoms with Gasteiger partial charge in [0.25, 0.3) is 11.8 Å². The van der Waals surface area contributed by atoms with Crippen LogP contribution in [0.1, 0.15) is 65.2 Å². The molecular weight excluding hydrogens is 398 g/mol. The Labute approximate surface area is 182 Å². The van der Waals surface area contributed by atoms with Crippen LogP contribution >= 0.6 is 11.3 Å². The van der Waals surface area contributed by atoms with Crippen molar-refractivity contribution in [2.75, 3.05) is 25.0 Å². The minimum Gasteiger partial charge on any atom is -0.351 e. The summed E-state index contributed by atoms with van der Waals surface area (Å²) < 4.78 is 0. The zero-order valence-electron chi connectivity index (χ0n) is 18.0. The van der Waals surface area contributed by atoms with Crippen molar-refractivity contribution in [1.29, 1.82) is 0 Å². The molecule has 2 heterocycles. The van der Waals surface area contributed by atoms with Gasteiger partial charge in [-0.25, -0.2) is 0 Å². The van der Waals surface area contributed by atoms with Gasteiger partial charge in [-0.2, -0.15) is 0 Å². The molecule has 8 heteroatoms. The van der Waals surface area contributed by atoms with E-state index in [2.05, 4.69) is 46.5 Å². The highest BCUT2D eigenvalue weighted by atomic mass is 32.1. The second-order valence-electron chi connectivity index (χ2n) is 8.27. The summed E-state index contributed by atoms with van der Waals surface area (Å²) >= 11 is 1.32. The van der Waals surface area contributed by atoms with Gasteiger partial charge in [0.1, 0.15) is 5.01 Å². The Bertz CT molecular complexity index is 849. The summed E-state index contributed by atoms with van der Waals surface area (Å²) in [5, 5.41) is 15.1. The second-order valence-corrected chi connectivity index (χ2v) is 9.33. The normalized spacial score (nSPS) is 17.1. The van der Waals surface area contributed by atoms with Crippen molar-refractivity contribution < 1.29 is 9.59 Å². The Kier molecular flexibility index (Phi) is 7.93. The van der Waals surface area contributed by atoms with Gasteiger partial charge in [0.15, 0.2) is 0 Å². The predicted octanol–water partition coefficient (Wildman–Crippen LogP) is 3.59. The lowest BCUT2D eigenvalue weighted by Crippen LogP contribution is -2.42. The Morgan fingerprint density at radius 1 is 1.17 bits per heavy atom. The highest BCUT2D eigenvalue weighted by molar-refractivity contribution is 7.13. The predicted molar refractivity (Wildman–Crippen MR) is 120 cm³/mol. The molecule has 0 aliphatic carbocycles. The highest BCUT2D eigenvalue weighted by Gasteiger charge is 2.18. The first-order valence-electron chi connectivity index (χ1n) is 10.7. The quantitative estimate of drug-likeness (QED) is 0.670. The number of nitrogens with zero attached hydrogens (tertiary/aromatic N) is 3. The number of aromatic nitrogens is 2. The number of benzene rings is 1. The van der Waals surface area contributed by atoms with Crippen LogP contribution in [0.2, 0.25) is 0 Å². The van der Waals surface area contributed by atoms with Crippen molar-refractivity contribution in [3.05, 3.63) is 39.8 Å². The van der Waals surface area contributed by atoms with Gasteiger partial charge in [0, 0.05) is 36.8 Å². The molecule has 0 spiro atoms. The van der Waals surface area contributed by atoms with Crippen molar-refractivity contribution in [1.82, 2.24) is 20.4 Å². The van der Waals surface area contributed by atoms with Gasteiger partial charge in [-0.15, -0.1) is 10.2 Å². The molecule has 1 atom stereocenters. The number of amides is 2. The fraction of sp³-hybridized carbons (Fsp3) is 0.545. The van der Waals surface area contributed by atoms with Crippen LogP contribution in [-0.2, 0) is 6.42 Å². The SMILES string of the molecule is CC(C)Cc1nnc(C(=O)Nc2ccc(C(=O)NCCN3CCCCC3C)cc2)s1. The van der Waals surface area contributed by atoms with Crippen LogP contribution in [0, 0.1) is 5.92 Å². The smallest absolute Gasteiger partial charge is 0.286 e. The van der Waals surface area contributed by atoms with Crippen molar-refractivity contribution in [2.24, 2.45) is 5.92 Å². The van der Waals surface area contributed by atoms with Gasteiger partial charge in [0.05, 0.1) is 0 Å². The Hall–Kier alpha value is -2.32. The summed E-state index contributed by atoms with van der Waals surface area (Å²) in [4.78, 5) is 27.2. The molecule has 2 amide bonds. The summed E-state index contributed by atoms with van der Waals surface area (Å²) in [5.74, 6) is 0.0890. The number of carbonyl (C=O) groups is 2. The average molecular weight is 430 g/mol. The minimum atomic E-state index is -0.282. The lowest BCUT2D eigenvalue weighted by Gasteiger charge is -2.33. The van der Waals surface area contributed by atoms with Crippen LogP contribution in [0.25, 0.3) is 0 Å². The highest BCUT2D eigenvalue weighted by Crippen LogP contribution is 2.17. The van der Waals surface area contributed by atoms with E-state index in [4.69, 9.17) is 0 Å². The summed E-state index contributed by atoms with van der Waals surface area (Å²) in [7, 11) is 0. The fourth-order valence-electron chi connectivity index (χ4n) is 3.57. The largest absolute Gasteiger partial charge is 0.351 e. The molecule has 1 aromatic carbocycles. The van der Waals surface area contributed by atoms with E-state index in [9.17, 15) is 9.59 Å². The monoisotopic (exact) mass is 429 g/mol. The van der Waals surface area contributed by atoms with Gasteiger partial charge in [-0.05, 0) is 56.5 Å². The van der Waals surface area contributed by atoms with Gasteiger partial charge in [0.2, 0.25) is 5.01 Å². The number of rotatable bonds is 8. The molecule has 1 aliphatic rings. The van der Waals surface area contributed by atoms with Crippen LogP contribution in [0.3, 0.4) is 0 Å². The molecule has 3 rings (SSSR count). The van der Waals surface area contributed by atoms with Crippen LogP contribution in [0.5, 0.6) is 0 Å². The second kappa shape index (κ2) is 10.6. The van der Waals surface area contributed by atoms with Crippen LogP contribution in [0.15, 0.2) is 24.3 Å². The molecule has 2 aromatic rings. The van der Waals surface area contributed by atoms with E-state index in [0.717, 1.165) is 24.5 Å². The number of carbonyl (C=O) groups excluding carboxylic acids is 2. The van der Waals surface area contributed by atoms with E-state index >= 15 is 0 Å². The lowest BCUT2D eigenvalue weighted by molar-refractivity contribution is 0.0938.